The minimum absolute atomic E-state index is 0.109. The maximum Gasteiger partial charge on any atom is 0.202 e. The molecule has 1 aromatic rings. The first-order valence-corrected chi connectivity index (χ1v) is 2.73. The number of hydrogen-bond acceptors (Lipinski definition) is 3. The number of nitrogens with one attached hydrogen (secondary N) is 1. The van der Waals surface area contributed by atoms with Gasteiger partial charge in [-0.25, -0.2) is 0 Å². The molecule has 10 heavy (non-hydrogen) atoms. The second-order valence-electron chi connectivity index (χ2n) is 1.97. The summed E-state index contributed by atoms with van der Waals surface area (Å²) in [5, 5.41) is 17.6. The Hall–Kier alpha value is -1.45. The van der Waals surface area contributed by atoms with Crippen molar-refractivity contribution in [3.8, 4) is 11.8 Å². The van der Waals surface area contributed by atoms with Crippen molar-refractivity contribution in [3.63, 3.8) is 0 Å². The summed E-state index contributed by atoms with van der Waals surface area (Å²) in [4.78, 5) is 12.8. The lowest BCUT2D eigenvalue weighted by atomic mass is 10.2. The molecule has 4 heteroatoms. The molecule has 0 aliphatic carbocycles. The van der Waals surface area contributed by atoms with Crippen molar-refractivity contribution in [1.82, 2.24) is 4.98 Å². The summed E-state index contributed by atoms with van der Waals surface area (Å²) in [7, 11) is 0. The van der Waals surface area contributed by atoms with Gasteiger partial charge in [-0.1, -0.05) is 0 Å². The van der Waals surface area contributed by atoms with Gasteiger partial charge >= 0.3 is 0 Å². The van der Waals surface area contributed by atoms with Gasteiger partial charge in [0.15, 0.2) is 11.7 Å². The first-order chi connectivity index (χ1) is 4.61. The van der Waals surface area contributed by atoms with Crippen LogP contribution in [0.2, 0.25) is 0 Å². The van der Waals surface area contributed by atoms with Crippen LogP contribution in [-0.2, 0) is 0 Å². The average Bonchev–Trinajstić information content (AvgIpc) is 2.10. The highest BCUT2D eigenvalue weighted by Crippen LogP contribution is 2.21. The minimum atomic E-state index is -0.287. The lowest BCUT2D eigenvalue weighted by molar-refractivity contribution is 0.101. The molecular weight excluding hydrogens is 134 g/mol. The van der Waals surface area contributed by atoms with Crippen LogP contribution < -0.4 is 0 Å². The predicted octanol–water partition coefficient (Wildman–Crippen LogP) is 0.628. The standard InChI is InChI=1S/C6H7NO3/c1-3(8)4-2-5(9)7-6(4)10/h2,7,9-10H,1H3. The van der Waals surface area contributed by atoms with Gasteiger partial charge in [0.25, 0.3) is 0 Å². The van der Waals surface area contributed by atoms with Crippen molar-refractivity contribution >= 4 is 5.78 Å². The van der Waals surface area contributed by atoms with Gasteiger partial charge in [-0.05, 0) is 6.92 Å². The monoisotopic (exact) mass is 141 g/mol. The van der Waals surface area contributed by atoms with Gasteiger partial charge in [-0.15, -0.1) is 0 Å². The summed E-state index contributed by atoms with van der Waals surface area (Å²) in [6.45, 7) is 1.31. The number of Topliss-reactive ketones (excluding diaryl/α,β-unsaturated/α-hetero) is 1. The van der Waals surface area contributed by atoms with Crippen molar-refractivity contribution in [2.45, 2.75) is 6.92 Å². The second-order valence-corrected chi connectivity index (χ2v) is 1.97. The zero-order valence-electron chi connectivity index (χ0n) is 5.38. The molecule has 1 rings (SSSR count). The van der Waals surface area contributed by atoms with Crippen LogP contribution in [0.3, 0.4) is 0 Å². The fourth-order valence-corrected chi connectivity index (χ4v) is 0.698. The largest absolute Gasteiger partial charge is 0.494 e. The summed E-state index contributed by atoms with van der Waals surface area (Å²) in [5.41, 5.74) is 0.109. The Morgan fingerprint density at radius 3 is 2.40 bits per heavy atom. The van der Waals surface area contributed by atoms with E-state index in [2.05, 4.69) is 4.98 Å². The Bertz CT molecular complexity index is 264. The summed E-state index contributed by atoms with van der Waals surface area (Å²) in [6, 6.07) is 1.18. The van der Waals surface area contributed by atoms with E-state index in [0.717, 1.165) is 0 Å². The zero-order chi connectivity index (χ0) is 7.72. The summed E-state index contributed by atoms with van der Waals surface area (Å²) in [6.07, 6.45) is 0. The Labute approximate surface area is 57.1 Å². The maximum atomic E-state index is 10.6. The van der Waals surface area contributed by atoms with Crippen molar-refractivity contribution in [2.24, 2.45) is 0 Å². The van der Waals surface area contributed by atoms with E-state index in [9.17, 15) is 4.79 Å². The van der Waals surface area contributed by atoms with Crippen LogP contribution in [0.4, 0.5) is 0 Å². The third-order valence-corrected chi connectivity index (χ3v) is 1.16. The number of ketones is 1. The van der Waals surface area contributed by atoms with Crippen molar-refractivity contribution in [3.05, 3.63) is 11.6 Å². The zero-order valence-corrected chi connectivity index (χ0v) is 5.38. The molecule has 0 saturated heterocycles. The number of aromatic amines is 1. The van der Waals surface area contributed by atoms with Crippen LogP contribution >= 0.6 is 0 Å². The highest BCUT2D eigenvalue weighted by atomic mass is 16.3. The topological polar surface area (TPSA) is 73.3 Å². The molecule has 0 amide bonds. The molecule has 54 valence electrons. The number of aromatic nitrogens is 1. The Morgan fingerprint density at radius 1 is 1.60 bits per heavy atom. The number of rotatable bonds is 1. The number of hydrogen-bond donors (Lipinski definition) is 3. The van der Waals surface area contributed by atoms with E-state index in [1.54, 1.807) is 0 Å². The third kappa shape index (κ3) is 0.953. The normalized spacial score (nSPS) is 9.70. The molecule has 0 spiro atoms. The van der Waals surface area contributed by atoms with Crippen LogP contribution in [0.5, 0.6) is 11.8 Å². The Kier molecular flexibility index (Phi) is 1.37. The van der Waals surface area contributed by atoms with Crippen LogP contribution in [0, 0.1) is 0 Å². The first kappa shape index (κ1) is 6.67. The highest BCUT2D eigenvalue weighted by Gasteiger charge is 2.09. The fourth-order valence-electron chi connectivity index (χ4n) is 0.698. The molecule has 4 nitrogen and oxygen atoms in total. The summed E-state index contributed by atoms with van der Waals surface area (Å²) in [5.74, 6) is -0.776. The lowest BCUT2D eigenvalue weighted by Gasteiger charge is -1.86. The molecule has 1 heterocycles. The van der Waals surface area contributed by atoms with Crippen molar-refractivity contribution in [2.75, 3.05) is 0 Å². The van der Waals surface area contributed by atoms with Gasteiger partial charge in [0.1, 0.15) is 0 Å². The first-order valence-electron chi connectivity index (χ1n) is 2.73. The van der Waals surface area contributed by atoms with Gasteiger partial charge in [0, 0.05) is 6.07 Å². The maximum absolute atomic E-state index is 10.6. The third-order valence-electron chi connectivity index (χ3n) is 1.16. The Balaban J connectivity index is 3.15. The molecule has 0 aliphatic heterocycles. The molecule has 0 atom stereocenters. The predicted molar refractivity (Wildman–Crippen MR) is 34.1 cm³/mol. The highest BCUT2D eigenvalue weighted by molar-refractivity contribution is 5.96. The molecule has 0 bridgehead atoms. The molecule has 1 aromatic heterocycles. The van der Waals surface area contributed by atoms with E-state index in [1.807, 2.05) is 0 Å². The number of H-pyrrole nitrogens is 1. The van der Waals surface area contributed by atoms with Gasteiger partial charge < -0.3 is 10.2 Å². The van der Waals surface area contributed by atoms with E-state index < -0.39 is 0 Å². The van der Waals surface area contributed by atoms with Gasteiger partial charge in [0.2, 0.25) is 5.88 Å². The quantitative estimate of drug-likeness (QED) is 0.502. The minimum Gasteiger partial charge on any atom is -0.494 e. The van der Waals surface area contributed by atoms with E-state index in [-0.39, 0.29) is 23.1 Å². The van der Waals surface area contributed by atoms with Crippen LogP contribution in [0.25, 0.3) is 0 Å². The number of carbonyl (C=O) groups excluding carboxylic acids is 1. The summed E-state index contributed by atoms with van der Waals surface area (Å²) >= 11 is 0. The molecule has 3 N–H and O–H groups in total. The van der Waals surface area contributed by atoms with E-state index in [4.69, 9.17) is 10.2 Å². The van der Waals surface area contributed by atoms with Gasteiger partial charge in [-0.2, -0.15) is 0 Å². The SMILES string of the molecule is CC(=O)c1cc(O)[nH]c1O. The summed E-state index contributed by atoms with van der Waals surface area (Å²) < 4.78 is 0. The van der Waals surface area contributed by atoms with Gasteiger partial charge in [0.05, 0.1) is 5.56 Å². The van der Waals surface area contributed by atoms with Crippen molar-refractivity contribution < 1.29 is 15.0 Å². The van der Waals surface area contributed by atoms with E-state index in [1.165, 1.54) is 13.0 Å². The van der Waals surface area contributed by atoms with Crippen LogP contribution in [0.1, 0.15) is 17.3 Å². The average molecular weight is 141 g/mol. The molecule has 0 radical (unpaired) electrons. The Morgan fingerprint density at radius 2 is 2.20 bits per heavy atom. The molecule has 0 aliphatic rings. The van der Waals surface area contributed by atoms with Crippen LogP contribution in [-0.4, -0.2) is 21.0 Å². The molecule has 0 fully saturated rings. The molecule has 0 unspecified atom stereocenters. The number of carbonyl (C=O) groups is 1. The number of aromatic hydroxyl groups is 2. The second kappa shape index (κ2) is 2.06. The fraction of sp³-hybridized carbons (Fsp3) is 0.167. The molecule has 0 aromatic carbocycles. The van der Waals surface area contributed by atoms with Gasteiger partial charge in [-0.3, -0.25) is 9.78 Å². The molecule has 0 saturated carbocycles. The van der Waals surface area contributed by atoms with Crippen LogP contribution in [0.15, 0.2) is 6.07 Å². The van der Waals surface area contributed by atoms with Crippen molar-refractivity contribution in [1.29, 1.82) is 0 Å². The van der Waals surface area contributed by atoms with E-state index in [0.29, 0.717) is 0 Å². The molecular formula is C6H7NO3. The smallest absolute Gasteiger partial charge is 0.202 e. The lowest BCUT2D eigenvalue weighted by Crippen LogP contribution is -1.87. The van der Waals surface area contributed by atoms with E-state index >= 15 is 0 Å².